The Hall–Kier alpha value is -3.07. The molecule has 1 unspecified atom stereocenters. The monoisotopic (exact) mass is 352 g/mol. The minimum Gasteiger partial charge on any atom is -0.435 e. The van der Waals surface area contributed by atoms with Gasteiger partial charge in [0.1, 0.15) is 5.75 Å². The number of aliphatic hydroxyl groups is 1. The first kappa shape index (κ1) is 18.3. The Kier molecular flexibility index (Phi) is 5.96. The van der Waals surface area contributed by atoms with E-state index in [4.69, 9.17) is 0 Å². The van der Waals surface area contributed by atoms with Crippen molar-refractivity contribution in [3.05, 3.63) is 69.8 Å². The molecule has 0 aromatic heterocycles. The number of halogens is 2. The maximum absolute atomic E-state index is 12.1. The van der Waals surface area contributed by atoms with Gasteiger partial charge in [-0.15, -0.1) is 0 Å². The summed E-state index contributed by atoms with van der Waals surface area (Å²) in [6.07, 6.45) is -1.05. The Morgan fingerprint density at radius 3 is 2.28 bits per heavy atom. The summed E-state index contributed by atoms with van der Waals surface area (Å²) in [7, 11) is 0. The molecule has 0 saturated heterocycles. The van der Waals surface area contributed by atoms with Crippen molar-refractivity contribution in [2.24, 2.45) is 0 Å². The molecule has 0 aliphatic heterocycles. The molecular weight excluding hydrogens is 338 g/mol. The molecule has 2 N–H and O–H groups in total. The van der Waals surface area contributed by atoms with Crippen molar-refractivity contribution >= 4 is 11.6 Å². The molecule has 0 aliphatic rings. The Labute approximate surface area is 141 Å². The Bertz CT molecular complexity index is 735. The number of nitro benzene ring substituents is 1. The number of nitrogens with zero attached hydrogens (tertiary/aromatic N) is 1. The highest BCUT2D eigenvalue weighted by atomic mass is 19.3. The first-order chi connectivity index (χ1) is 11.9. The molecule has 2 rings (SSSR count). The van der Waals surface area contributed by atoms with Gasteiger partial charge in [-0.05, 0) is 42.0 Å². The van der Waals surface area contributed by atoms with Crippen LogP contribution < -0.4 is 10.1 Å². The predicted molar refractivity (Wildman–Crippen MR) is 83.5 cm³/mol. The number of non-ortho nitro benzene ring substituents is 1. The summed E-state index contributed by atoms with van der Waals surface area (Å²) in [6.45, 7) is -3.07. The largest absolute Gasteiger partial charge is 0.435 e. The van der Waals surface area contributed by atoms with Gasteiger partial charge in [-0.25, -0.2) is 0 Å². The van der Waals surface area contributed by atoms with Crippen molar-refractivity contribution in [1.82, 2.24) is 5.32 Å². The number of hydrogen-bond acceptors (Lipinski definition) is 5. The third-order valence-corrected chi connectivity index (χ3v) is 3.29. The predicted octanol–water partition coefficient (Wildman–Crippen LogP) is 2.66. The number of nitrogens with one attached hydrogen (secondary N) is 1. The van der Waals surface area contributed by atoms with Crippen molar-refractivity contribution < 1.29 is 28.3 Å². The second-order valence-corrected chi connectivity index (χ2v) is 4.98. The zero-order valence-electron chi connectivity index (χ0n) is 12.8. The smallest absolute Gasteiger partial charge is 0.387 e. The van der Waals surface area contributed by atoms with Crippen molar-refractivity contribution in [2.75, 3.05) is 6.54 Å². The number of benzene rings is 2. The number of ether oxygens (including phenoxy) is 1. The quantitative estimate of drug-likeness (QED) is 0.589. The maximum Gasteiger partial charge on any atom is 0.387 e. The van der Waals surface area contributed by atoms with Crippen molar-refractivity contribution in [1.29, 1.82) is 0 Å². The summed E-state index contributed by atoms with van der Waals surface area (Å²) < 4.78 is 28.3. The van der Waals surface area contributed by atoms with Crippen LogP contribution in [0.5, 0.6) is 5.75 Å². The molecule has 7 nitrogen and oxygen atoms in total. The van der Waals surface area contributed by atoms with Gasteiger partial charge in [-0.2, -0.15) is 8.78 Å². The molecule has 0 heterocycles. The minimum absolute atomic E-state index is 0.0718. The van der Waals surface area contributed by atoms with E-state index in [0.717, 1.165) is 0 Å². The molecule has 1 atom stereocenters. The van der Waals surface area contributed by atoms with E-state index in [1.54, 1.807) is 0 Å². The molecule has 0 fully saturated rings. The average Bonchev–Trinajstić information content (AvgIpc) is 2.59. The highest BCUT2D eigenvalue weighted by Gasteiger charge is 2.13. The van der Waals surface area contributed by atoms with Crippen LogP contribution in [0.3, 0.4) is 0 Å². The lowest BCUT2D eigenvalue weighted by Crippen LogP contribution is -2.28. The van der Waals surface area contributed by atoms with Gasteiger partial charge in [0.25, 0.3) is 11.6 Å². The van der Waals surface area contributed by atoms with E-state index in [1.807, 2.05) is 0 Å². The first-order valence-corrected chi connectivity index (χ1v) is 7.12. The lowest BCUT2D eigenvalue weighted by molar-refractivity contribution is -0.384. The maximum atomic E-state index is 12.1. The fourth-order valence-corrected chi connectivity index (χ4v) is 2.02. The average molecular weight is 352 g/mol. The Balaban J connectivity index is 1.91. The van der Waals surface area contributed by atoms with Crippen LogP contribution in [-0.2, 0) is 0 Å². The first-order valence-electron chi connectivity index (χ1n) is 7.12. The van der Waals surface area contributed by atoms with E-state index in [2.05, 4.69) is 10.1 Å². The summed E-state index contributed by atoms with van der Waals surface area (Å²) in [5.74, 6) is -0.581. The third kappa shape index (κ3) is 5.21. The van der Waals surface area contributed by atoms with Crippen molar-refractivity contribution in [3.8, 4) is 5.75 Å². The van der Waals surface area contributed by atoms with Crippen LogP contribution in [-0.4, -0.2) is 29.1 Å². The lowest BCUT2D eigenvalue weighted by Gasteiger charge is -2.12. The van der Waals surface area contributed by atoms with Crippen LogP contribution in [0.25, 0.3) is 0 Å². The number of rotatable bonds is 7. The zero-order chi connectivity index (χ0) is 18.4. The third-order valence-electron chi connectivity index (χ3n) is 3.29. The van der Waals surface area contributed by atoms with Crippen LogP contribution in [0, 0.1) is 10.1 Å². The highest BCUT2D eigenvalue weighted by Crippen LogP contribution is 2.18. The summed E-state index contributed by atoms with van der Waals surface area (Å²) in [5.41, 5.74) is 0.509. The van der Waals surface area contributed by atoms with Gasteiger partial charge in [0, 0.05) is 24.2 Å². The number of carbonyl (C=O) groups excluding carboxylic acids is 1. The number of amides is 1. The van der Waals surface area contributed by atoms with Gasteiger partial charge in [-0.1, -0.05) is 0 Å². The van der Waals surface area contributed by atoms with Crippen LogP contribution >= 0.6 is 0 Å². The van der Waals surface area contributed by atoms with Crippen LogP contribution in [0.1, 0.15) is 22.0 Å². The molecule has 9 heteroatoms. The summed E-state index contributed by atoms with van der Waals surface area (Å²) in [5, 5.41) is 23.1. The highest BCUT2D eigenvalue weighted by molar-refractivity contribution is 5.94. The molecule has 25 heavy (non-hydrogen) atoms. The molecular formula is C16H14F2N2O5. The second-order valence-electron chi connectivity index (χ2n) is 4.98. The Morgan fingerprint density at radius 2 is 1.76 bits per heavy atom. The minimum atomic E-state index is -2.95. The van der Waals surface area contributed by atoms with Crippen molar-refractivity contribution in [2.45, 2.75) is 12.7 Å². The standard InChI is InChI=1S/C16H14F2N2O5/c17-16(18)25-13-7-3-11(4-8-13)15(22)19-9-14(21)10-1-5-12(6-2-10)20(23)24/h1-8,14,16,21H,9H2,(H,19,22). The van der Waals surface area contributed by atoms with Crippen LogP contribution in [0.4, 0.5) is 14.5 Å². The SMILES string of the molecule is O=C(NCC(O)c1ccc([N+](=O)[O-])cc1)c1ccc(OC(F)F)cc1. The number of alkyl halides is 2. The lowest BCUT2D eigenvalue weighted by atomic mass is 10.1. The molecule has 0 saturated carbocycles. The molecule has 2 aromatic rings. The van der Waals surface area contributed by atoms with E-state index >= 15 is 0 Å². The molecule has 0 bridgehead atoms. The van der Waals surface area contributed by atoms with Crippen LogP contribution in [0.15, 0.2) is 48.5 Å². The summed E-state index contributed by atoms with van der Waals surface area (Å²) in [4.78, 5) is 22.0. The molecule has 1 amide bonds. The number of nitro groups is 1. The van der Waals surface area contributed by atoms with Gasteiger partial charge in [0.15, 0.2) is 0 Å². The van der Waals surface area contributed by atoms with Crippen molar-refractivity contribution in [3.63, 3.8) is 0 Å². The molecule has 0 radical (unpaired) electrons. The normalized spacial score (nSPS) is 11.8. The van der Waals surface area contributed by atoms with E-state index in [1.165, 1.54) is 48.5 Å². The zero-order valence-corrected chi connectivity index (χ0v) is 12.8. The number of aliphatic hydroxyl groups excluding tert-OH is 1. The molecule has 2 aromatic carbocycles. The number of hydrogen-bond donors (Lipinski definition) is 2. The molecule has 0 aliphatic carbocycles. The summed E-state index contributed by atoms with van der Waals surface area (Å²) in [6, 6.07) is 10.4. The number of carbonyl (C=O) groups is 1. The van der Waals surface area contributed by atoms with E-state index in [9.17, 15) is 28.8 Å². The van der Waals surface area contributed by atoms with Gasteiger partial charge < -0.3 is 15.2 Å². The van der Waals surface area contributed by atoms with Gasteiger partial charge in [0.2, 0.25) is 0 Å². The van der Waals surface area contributed by atoms with Gasteiger partial charge in [-0.3, -0.25) is 14.9 Å². The van der Waals surface area contributed by atoms with E-state index < -0.39 is 23.5 Å². The fraction of sp³-hybridized carbons (Fsp3) is 0.188. The fourth-order valence-electron chi connectivity index (χ4n) is 2.02. The topological polar surface area (TPSA) is 102 Å². The van der Waals surface area contributed by atoms with E-state index in [0.29, 0.717) is 5.56 Å². The Morgan fingerprint density at radius 1 is 1.16 bits per heavy atom. The van der Waals surface area contributed by atoms with Gasteiger partial charge >= 0.3 is 6.61 Å². The molecule has 0 spiro atoms. The van der Waals surface area contributed by atoms with E-state index in [-0.39, 0.29) is 23.5 Å². The van der Waals surface area contributed by atoms with Gasteiger partial charge in [0.05, 0.1) is 11.0 Å². The van der Waals surface area contributed by atoms with Crippen LogP contribution in [0.2, 0.25) is 0 Å². The molecule has 132 valence electrons. The summed E-state index contributed by atoms with van der Waals surface area (Å²) >= 11 is 0. The second kappa shape index (κ2) is 8.15.